The maximum atomic E-state index is 14.0. The zero-order valence-electron chi connectivity index (χ0n) is 11.8. The molecule has 1 heterocycles. The standard InChI is InChI=1S/C16H16F3NO/c1-16(2)7-14-9(15(21)8-16)3-4-20(14)13-6-11(18)10(17)5-12(13)19/h3-6,15,21H,7-8H2,1-2H3. The number of aromatic nitrogens is 1. The van der Waals surface area contributed by atoms with Crippen molar-refractivity contribution in [2.45, 2.75) is 32.8 Å². The number of aliphatic hydroxyl groups excluding tert-OH is 1. The molecule has 0 bridgehead atoms. The van der Waals surface area contributed by atoms with Crippen LogP contribution in [0.25, 0.3) is 5.69 Å². The molecule has 21 heavy (non-hydrogen) atoms. The lowest BCUT2D eigenvalue weighted by Crippen LogP contribution is -2.26. The Kier molecular flexibility index (Phi) is 3.13. The fourth-order valence-electron chi connectivity index (χ4n) is 3.05. The molecule has 2 aromatic rings. The zero-order chi connectivity index (χ0) is 15.4. The first-order valence-electron chi connectivity index (χ1n) is 6.81. The Morgan fingerprint density at radius 1 is 1.14 bits per heavy atom. The molecule has 0 saturated heterocycles. The molecule has 1 atom stereocenters. The van der Waals surface area contributed by atoms with Gasteiger partial charge in [0.1, 0.15) is 5.82 Å². The summed E-state index contributed by atoms with van der Waals surface area (Å²) in [6.45, 7) is 4.02. The quantitative estimate of drug-likeness (QED) is 0.793. The van der Waals surface area contributed by atoms with E-state index in [1.54, 1.807) is 12.3 Å². The highest BCUT2D eigenvalue weighted by Crippen LogP contribution is 2.42. The Morgan fingerprint density at radius 2 is 1.81 bits per heavy atom. The number of nitrogens with zero attached hydrogens (tertiary/aromatic N) is 1. The van der Waals surface area contributed by atoms with Crippen LogP contribution in [0.5, 0.6) is 0 Å². The largest absolute Gasteiger partial charge is 0.388 e. The van der Waals surface area contributed by atoms with Crippen LogP contribution in [0.1, 0.15) is 37.6 Å². The lowest BCUT2D eigenvalue weighted by molar-refractivity contribution is 0.0986. The second-order valence-corrected chi connectivity index (χ2v) is 6.37. The van der Waals surface area contributed by atoms with Crippen molar-refractivity contribution >= 4 is 0 Å². The van der Waals surface area contributed by atoms with Gasteiger partial charge in [-0.25, -0.2) is 13.2 Å². The van der Waals surface area contributed by atoms with Gasteiger partial charge in [0.05, 0.1) is 11.8 Å². The minimum Gasteiger partial charge on any atom is -0.388 e. The fourth-order valence-corrected chi connectivity index (χ4v) is 3.05. The molecule has 1 aliphatic rings. The Morgan fingerprint density at radius 3 is 2.52 bits per heavy atom. The van der Waals surface area contributed by atoms with Gasteiger partial charge in [-0.05, 0) is 24.3 Å². The van der Waals surface area contributed by atoms with E-state index in [2.05, 4.69) is 0 Å². The van der Waals surface area contributed by atoms with Crippen LogP contribution in [0.15, 0.2) is 24.4 Å². The second-order valence-electron chi connectivity index (χ2n) is 6.37. The van der Waals surface area contributed by atoms with Crippen LogP contribution in [0.3, 0.4) is 0 Å². The lowest BCUT2D eigenvalue weighted by atomic mass is 9.75. The van der Waals surface area contributed by atoms with Crippen molar-refractivity contribution in [1.29, 1.82) is 0 Å². The van der Waals surface area contributed by atoms with E-state index in [0.717, 1.165) is 17.3 Å². The predicted octanol–water partition coefficient (Wildman–Crippen LogP) is 3.90. The van der Waals surface area contributed by atoms with Gasteiger partial charge in [-0.3, -0.25) is 0 Å². The third-order valence-corrected chi connectivity index (χ3v) is 4.03. The van der Waals surface area contributed by atoms with Crippen LogP contribution in [0.2, 0.25) is 0 Å². The summed E-state index contributed by atoms with van der Waals surface area (Å²) >= 11 is 0. The smallest absolute Gasteiger partial charge is 0.161 e. The van der Waals surface area contributed by atoms with Gasteiger partial charge in [-0.1, -0.05) is 13.8 Å². The fraction of sp³-hybridized carbons (Fsp3) is 0.375. The summed E-state index contributed by atoms with van der Waals surface area (Å²) < 4.78 is 41.9. The first kappa shape index (κ1) is 14.2. The van der Waals surface area contributed by atoms with E-state index >= 15 is 0 Å². The van der Waals surface area contributed by atoms with E-state index in [0.29, 0.717) is 18.9 Å². The molecule has 0 fully saturated rings. The van der Waals surface area contributed by atoms with Gasteiger partial charge in [0, 0.05) is 29.6 Å². The number of hydrogen-bond donors (Lipinski definition) is 1. The Bertz CT molecular complexity index is 706. The van der Waals surface area contributed by atoms with E-state index in [4.69, 9.17) is 0 Å². The van der Waals surface area contributed by atoms with E-state index < -0.39 is 23.6 Å². The normalized spacial score (nSPS) is 20.4. The van der Waals surface area contributed by atoms with Crippen molar-refractivity contribution in [3.05, 3.63) is 53.1 Å². The van der Waals surface area contributed by atoms with Crippen molar-refractivity contribution in [1.82, 2.24) is 4.57 Å². The number of hydrogen-bond acceptors (Lipinski definition) is 1. The summed E-state index contributed by atoms with van der Waals surface area (Å²) in [4.78, 5) is 0. The molecule has 1 N–H and O–H groups in total. The van der Waals surface area contributed by atoms with Crippen molar-refractivity contribution in [3.8, 4) is 5.69 Å². The third kappa shape index (κ3) is 2.35. The van der Waals surface area contributed by atoms with Gasteiger partial charge in [-0.15, -0.1) is 0 Å². The molecule has 1 aromatic carbocycles. The molecule has 0 amide bonds. The molecule has 5 heteroatoms. The maximum Gasteiger partial charge on any atom is 0.161 e. The van der Waals surface area contributed by atoms with Crippen molar-refractivity contribution in [2.75, 3.05) is 0 Å². The summed E-state index contributed by atoms with van der Waals surface area (Å²) in [5.74, 6) is -3.13. The van der Waals surface area contributed by atoms with E-state index in [1.165, 1.54) is 4.57 Å². The van der Waals surface area contributed by atoms with Crippen LogP contribution in [0, 0.1) is 22.9 Å². The van der Waals surface area contributed by atoms with Gasteiger partial charge in [-0.2, -0.15) is 0 Å². The molecule has 0 radical (unpaired) electrons. The molecule has 0 saturated carbocycles. The predicted molar refractivity (Wildman–Crippen MR) is 72.7 cm³/mol. The minimum absolute atomic E-state index is 0.0416. The highest BCUT2D eigenvalue weighted by atomic mass is 19.2. The van der Waals surface area contributed by atoms with Crippen LogP contribution >= 0.6 is 0 Å². The number of fused-ring (bicyclic) bond motifs is 1. The van der Waals surface area contributed by atoms with Crippen molar-refractivity contribution in [2.24, 2.45) is 5.41 Å². The molecule has 112 valence electrons. The molecular formula is C16H16F3NO. The molecule has 1 aromatic heterocycles. The molecular weight excluding hydrogens is 279 g/mol. The van der Waals surface area contributed by atoms with Gasteiger partial charge in [0.25, 0.3) is 0 Å². The number of halogens is 3. The molecule has 1 unspecified atom stereocenters. The lowest BCUT2D eigenvalue weighted by Gasteiger charge is -2.34. The number of rotatable bonds is 1. The van der Waals surface area contributed by atoms with Crippen LogP contribution < -0.4 is 0 Å². The minimum atomic E-state index is -1.21. The van der Waals surface area contributed by atoms with Gasteiger partial charge < -0.3 is 9.67 Å². The third-order valence-electron chi connectivity index (χ3n) is 4.03. The first-order valence-corrected chi connectivity index (χ1v) is 6.81. The van der Waals surface area contributed by atoms with Crippen LogP contribution in [0.4, 0.5) is 13.2 Å². The summed E-state index contributed by atoms with van der Waals surface area (Å²) in [7, 11) is 0. The topological polar surface area (TPSA) is 25.2 Å². The second kappa shape index (κ2) is 4.63. The van der Waals surface area contributed by atoms with Crippen LogP contribution in [-0.4, -0.2) is 9.67 Å². The Hall–Kier alpha value is -1.75. The van der Waals surface area contributed by atoms with Gasteiger partial charge in [0.15, 0.2) is 11.6 Å². The monoisotopic (exact) mass is 295 g/mol. The highest BCUT2D eigenvalue weighted by Gasteiger charge is 2.33. The zero-order valence-corrected chi connectivity index (χ0v) is 11.8. The summed E-state index contributed by atoms with van der Waals surface area (Å²) in [5, 5.41) is 10.2. The van der Waals surface area contributed by atoms with Crippen molar-refractivity contribution in [3.63, 3.8) is 0 Å². The number of aliphatic hydroxyl groups is 1. The van der Waals surface area contributed by atoms with Crippen molar-refractivity contribution < 1.29 is 18.3 Å². The van der Waals surface area contributed by atoms with Gasteiger partial charge >= 0.3 is 0 Å². The Labute approximate surface area is 120 Å². The molecule has 3 rings (SSSR count). The van der Waals surface area contributed by atoms with Crippen LogP contribution in [-0.2, 0) is 6.42 Å². The maximum absolute atomic E-state index is 14.0. The Balaban J connectivity index is 2.16. The molecule has 1 aliphatic carbocycles. The molecule has 2 nitrogen and oxygen atoms in total. The highest BCUT2D eigenvalue weighted by molar-refractivity contribution is 5.42. The molecule has 0 spiro atoms. The first-order chi connectivity index (χ1) is 9.78. The van der Waals surface area contributed by atoms with E-state index in [-0.39, 0.29) is 11.1 Å². The summed E-state index contributed by atoms with van der Waals surface area (Å²) in [6.07, 6.45) is 2.21. The average molecular weight is 295 g/mol. The van der Waals surface area contributed by atoms with E-state index in [9.17, 15) is 18.3 Å². The average Bonchev–Trinajstić information content (AvgIpc) is 2.76. The summed E-state index contributed by atoms with van der Waals surface area (Å²) in [5.41, 5.74) is 1.28. The SMILES string of the molecule is CC1(C)Cc2c(ccn2-c2cc(F)c(F)cc2F)C(O)C1. The van der Waals surface area contributed by atoms with E-state index in [1.807, 2.05) is 13.8 Å². The number of benzene rings is 1. The summed E-state index contributed by atoms with van der Waals surface area (Å²) in [6, 6.07) is 3.09. The van der Waals surface area contributed by atoms with Gasteiger partial charge in [0.2, 0.25) is 0 Å². The molecule has 0 aliphatic heterocycles.